The lowest BCUT2D eigenvalue weighted by molar-refractivity contribution is -0.132. The van der Waals surface area contributed by atoms with Crippen molar-refractivity contribution in [3.05, 3.63) is 23.5 Å². The van der Waals surface area contributed by atoms with E-state index in [1.807, 2.05) is 0 Å². The van der Waals surface area contributed by atoms with E-state index in [1.165, 1.54) is 7.11 Å². The van der Waals surface area contributed by atoms with Gasteiger partial charge in [-0.15, -0.1) is 0 Å². The summed E-state index contributed by atoms with van der Waals surface area (Å²) in [6.07, 6.45) is 0. The number of methoxy groups -OCH3 is 1. The number of nitriles is 1. The van der Waals surface area contributed by atoms with Gasteiger partial charge in [-0.2, -0.15) is 5.26 Å². The smallest absolute Gasteiger partial charge is 0.308 e. The summed E-state index contributed by atoms with van der Waals surface area (Å²) in [7, 11) is 1.34. The van der Waals surface area contributed by atoms with Crippen LogP contribution in [0.3, 0.4) is 0 Å². The van der Waals surface area contributed by atoms with Crippen molar-refractivity contribution in [2.75, 3.05) is 7.11 Å². The third kappa shape index (κ3) is 2.44. The van der Waals surface area contributed by atoms with E-state index in [0.29, 0.717) is 0 Å². The zero-order valence-corrected chi connectivity index (χ0v) is 8.20. The first-order chi connectivity index (χ1) is 7.08. The van der Waals surface area contributed by atoms with Crippen molar-refractivity contribution in [3.63, 3.8) is 0 Å². The maximum atomic E-state index is 13.2. The number of esters is 1. The summed E-state index contributed by atoms with van der Waals surface area (Å²) in [5.74, 6) is -1.50. The van der Waals surface area contributed by atoms with Crippen molar-refractivity contribution in [1.82, 2.24) is 0 Å². The Bertz CT molecular complexity index is 437. The van der Waals surface area contributed by atoms with Crippen LogP contribution in [0.1, 0.15) is 12.5 Å². The van der Waals surface area contributed by atoms with Crippen LogP contribution in [0.15, 0.2) is 12.1 Å². The number of carbonyl (C=O) groups is 1. The number of halogens is 1. The molecule has 0 aliphatic heterocycles. The lowest BCUT2D eigenvalue weighted by atomic mass is 10.2. The van der Waals surface area contributed by atoms with Crippen LogP contribution in [0.5, 0.6) is 11.5 Å². The van der Waals surface area contributed by atoms with Crippen molar-refractivity contribution >= 4 is 5.97 Å². The van der Waals surface area contributed by atoms with Gasteiger partial charge in [0.05, 0.1) is 12.7 Å². The van der Waals surface area contributed by atoms with Crippen molar-refractivity contribution in [2.45, 2.75) is 6.92 Å². The predicted molar refractivity (Wildman–Crippen MR) is 49.0 cm³/mol. The molecule has 1 rings (SSSR count). The van der Waals surface area contributed by atoms with Crippen LogP contribution in [-0.4, -0.2) is 13.1 Å². The number of benzene rings is 1. The van der Waals surface area contributed by atoms with E-state index in [0.717, 1.165) is 19.1 Å². The maximum absolute atomic E-state index is 13.2. The fraction of sp³-hybridized carbons (Fsp3) is 0.200. The second kappa shape index (κ2) is 4.42. The molecule has 5 heteroatoms. The number of rotatable bonds is 2. The van der Waals surface area contributed by atoms with E-state index in [2.05, 4.69) is 4.74 Å². The maximum Gasteiger partial charge on any atom is 0.308 e. The summed E-state index contributed by atoms with van der Waals surface area (Å²) in [5, 5.41) is 8.64. The van der Waals surface area contributed by atoms with Crippen molar-refractivity contribution < 1.29 is 18.7 Å². The normalized spacial score (nSPS) is 9.20. The second-order valence-electron chi connectivity index (χ2n) is 2.69. The van der Waals surface area contributed by atoms with Gasteiger partial charge in [-0.25, -0.2) is 4.39 Å². The summed E-state index contributed by atoms with van der Waals surface area (Å²) in [6.45, 7) is 1.16. The van der Waals surface area contributed by atoms with Gasteiger partial charge in [0.1, 0.15) is 11.8 Å². The van der Waals surface area contributed by atoms with E-state index in [9.17, 15) is 9.18 Å². The Morgan fingerprint density at radius 3 is 2.60 bits per heavy atom. The molecule has 15 heavy (non-hydrogen) atoms. The quantitative estimate of drug-likeness (QED) is 0.548. The Kier molecular flexibility index (Phi) is 3.24. The van der Waals surface area contributed by atoms with Gasteiger partial charge >= 0.3 is 5.97 Å². The number of hydrogen-bond acceptors (Lipinski definition) is 4. The predicted octanol–water partition coefficient (Wildman–Crippen LogP) is 1.63. The highest BCUT2D eigenvalue weighted by atomic mass is 19.1. The molecular weight excluding hydrogens is 201 g/mol. The average molecular weight is 209 g/mol. The Morgan fingerprint density at radius 2 is 2.13 bits per heavy atom. The van der Waals surface area contributed by atoms with E-state index in [4.69, 9.17) is 10.00 Å². The van der Waals surface area contributed by atoms with Gasteiger partial charge in [0.15, 0.2) is 11.6 Å². The van der Waals surface area contributed by atoms with Crippen LogP contribution >= 0.6 is 0 Å². The molecule has 0 aliphatic rings. The molecule has 0 spiro atoms. The van der Waals surface area contributed by atoms with Gasteiger partial charge in [0, 0.05) is 13.0 Å². The highest BCUT2D eigenvalue weighted by molar-refractivity contribution is 5.69. The van der Waals surface area contributed by atoms with E-state index < -0.39 is 11.8 Å². The molecule has 0 saturated carbocycles. The van der Waals surface area contributed by atoms with Gasteiger partial charge < -0.3 is 9.47 Å². The lowest BCUT2D eigenvalue weighted by Gasteiger charge is -2.07. The zero-order chi connectivity index (χ0) is 11.4. The van der Waals surface area contributed by atoms with Crippen LogP contribution in [0, 0.1) is 17.1 Å². The minimum atomic E-state index is -0.775. The van der Waals surface area contributed by atoms with Gasteiger partial charge in [-0.1, -0.05) is 0 Å². The molecule has 0 radical (unpaired) electrons. The fourth-order valence-electron chi connectivity index (χ4n) is 1.02. The summed E-state index contributed by atoms with van der Waals surface area (Å²) in [5.41, 5.74) is 0.0471. The number of carbonyl (C=O) groups excluding carboxylic acids is 1. The van der Waals surface area contributed by atoms with Crippen LogP contribution in [-0.2, 0) is 4.79 Å². The van der Waals surface area contributed by atoms with Crippen LogP contribution in [0.4, 0.5) is 4.39 Å². The minimum absolute atomic E-state index is 0.0471. The number of nitrogens with zero attached hydrogens (tertiary/aromatic N) is 1. The van der Waals surface area contributed by atoms with Crippen LogP contribution in [0.25, 0.3) is 0 Å². The highest BCUT2D eigenvalue weighted by Gasteiger charge is 2.12. The molecule has 78 valence electrons. The summed E-state index contributed by atoms with van der Waals surface area (Å²) in [6, 6.07) is 3.88. The van der Waals surface area contributed by atoms with Crippen molar-refractivity contribution in [2.24, 2.45) is 0 Å². The molecule has 1 aromatic rings. The topological polar surface area (TPSA) is 59.3 Å². The zero-order valence-electron chi connectivity index (χ0n) is 8.20. The molecular formula is C10H8FNO3. The van der Waals surface area contributed by atoms with Gasteiger partial charge in [-0.05, 0) is 6.07 Å². The molecule has 0 aromatic heterocycles. The standard InChI is InChI=1S/C10H8FNO3/c1-6(13)15-10-4-9(14-2)7(5-12)3-8(10)11/h3-4H,1-2H3. The summed E-state index contributed by atoms with van der Waals surface area (Å²) in [4.78, 5) is 10.6. The number of ether oxygens (including phenoxy) is 2. The molecule has 1 aromatic carbocycles. The van der Waals surface area contributed by atoms with E-state index >= 15 is 0 Å². The summed E-state index contributed by atoms with van der Waals surface area (Å²) >= 11 is 0. The Hall–Kier alpha value is -2.09. The minimum Gasteiger partial charge on any atom is -0.495 e. The molecule has 4 nitrogen and oxygen atoms in total. The summed E-state index contributed by atoms with van der Waals surface area (Å²) < 4.78 is 22.6. The molecule has 0 heterocycles. The van der Waals surface area contributed by atoms with Crippen LogP contribution in [0.2, 0.25) is 0 Å². The lowest BCUT2D eigenvalue weighted by Crippen LogP contribution is -2.04. The van der Waals surface area contributed by atoms with Gasteiger partial charge in [-0.3, -0.25) is 4.79 Å². The molecule has 0 amide bonds. The fourth-order valence-corrected chi connectivity index (χ4v) is 1.02. The third-order valence-corrected chi connectivity index (χ3v) is 1.63. The van der Waals surface area contributed by atoms with E-state index in [-0.39, 0.29) is 17.1 Å². The first-order valence-corrected chi connectivity index (χ1v) is 4.04. The van der Waals surface area contributed by atoms with Crippen molar-refractivity contribution in [1.29, 1.82) is 5.26 Å². The average Bonchev–Trinajstić information content (AvgIpc) is 2.19. The molecule has 0 N–H and O–H groups in total. The Morgan fingerprint density at radius 1 is 1.47 bits per heavy atom. The molecule has 0 aliphatic carbocycles. The third-order valence-electron chi connectivity index (χ3n) is 1.63. The molecule has 0 fully saturated rings. The van der Waals surface area contributed by atoms with E-state index in [1.54, 1.807) is 6.07 Å². The monoisotopic (exact) mass is 209 g/mol. The number of hydrogen-bond donors (Lipinski definition) is 0. The Labute approximate surface area is 85.8 Å². The highest BCUT2D eigenvalue weighted by Crippen LogP contribution is 2.27. The van der Waals surface area contributed by atoms with Gasteiger partial charge in [0.25, 0.3) is 0 Å². The molecule has 0 atom stereocenters. The molecule has 0 bridgehead atoms. The SMILES string of the molecule is COc1cc(OC(C)=O)c(F)cc1C#N. The molecule has 0 saturated heterocycles. The van der Waals surface area contributed by atoms with Crippen molar-refractivity contribution in [3.8, 4) is 17.6 Å². The Balaban J connectivity index is 3.21. The largest absolute Gasteiger partial charge is 0.495 e. The van der Waals surface area contributed by atoms with Crippen LogP contribution < -0.4 is 9.47 Å². The molecule has 0 unspecified atom stereocenters. The van der Waals surface area contributed by atoms with Gasteiger partial charge in [0.2, 0.25) is 0 Å². The second-order valence-corrected chi connectivity index (χ2v) is 2.69. The first kappa shape index (κ1) is 11.0. The first-order valence-electron chi connectivity index (χ1n) is 4.04.